The third kappa shape index (κ3) is 73.6. The van der Waals surface area contributed by atoms with Gasteiger partial charge in [0.1, 0.15) is 19.8 Å². The fraction of sp³-hybridized carbons (Fsp3) is 0.561. The molecule has 0 rings (SSSR count). The highest BCUT2D eigenvalue weighted by Gasteiger charge is 2.22. The van der Waals surface area contributed by atoms with Gasteiger partial charge in [0, 0.05) is 12.8 Å². The average molecular weight is 1290 g/mol. The van der Waals surface area contributed by atoms with E-state index in [1.54, 1.807) is 0 Å². The van der Waals surface area contributed by atoms with Crippen LogP contribution in [0.3, 0.4) is 0 Å². The average Bonchev–Trinajstić information content (AvgIpc) is 2.14. The molecule has 0 aromatic heterocycles. The Hall–Kier alpha value is -5.41. The first kappa shape index (κ1) is 86.6. The van der Waals surface area contributed by atoms with Gasteiger partial charge in [-0.25, -0.2) is 0 Å². The molecule has 0 heterocycles. The van der Waals surface area contributed by atoms with Gasteiger partial charge in [0.2, 0.25) is 0 Å². The number of likely N-dealkylation sites (N-methyl/N-ethyl adjacent to an activating group) is 1. The normalized spacial score (nSPS) is 14.4. The summed E-state index contributed by atoms with van der Waals surface area (Å²) >= 11 is 0. The van der Waals surface area contributed by atoms with E-state index in [0.29, 0.717) is 30.3 Å². The molecule has 0 fully saturated rings. The van der Waals surface area contributed by atoms with Gasteiger partial charge in [-0.1, -0.05) is 297 Å². The predicted octanol–water partition coefficient (Wildman–Crippen LogP) is 23.2. The molecular weight excluding hydrogens is 1160 g/mol. The van der Waals surface area contributed by atoms with E-state index in [1.807, 2.05) is 27.2 Å². The van der Waals surface area contributed by atoms with E-state index < -0.39 is 32.5 Å². The molecule has 10 heteroatoms. The molecule has 0 amide bonds. The molecule has 0 spiro atoms. The van der Waals surface area contributed by atoms with Crippen molar-refractivity contribution in [2.75, 3.05) is 47.5 Å². The number of carbonyl (C=O) groups excluding carboxylic acids is 2. The first-order chi connectivity index (χ1) is 45.0. The summed E-state index contributed by atoms with van der Waals surface area (Å²) < 4.78 is 34.2. The first-order valence-corrected chi connectivity index (χ1v) is 37.3. The lowest BCUT2D eigenvalue weighted by Crippen LogP contribution is -2.37. The second-order valence-electron chi connectivity index (χ2n) is 24.1. The number of rotatable bonds is 63. The van der Waals surface area contributed by atoms with E-state index in [9.17, 15) is 19.0 Å². The minimum absolute atomic E-state index is 0.0526. The Bertz CT molecular complexity index is 2310. The molecule has 2 atom stereocenters. The van der Waals surface area contributed by atoms with Crippen LogP contribution in [0.5, 0.6) is 0 Å². The molecule has 516 valence electrons. The van der Waals surface area contributed by atoms with Crippen LogP contribution in [0.1, 0.15) is 245 Å². The Morgan fingerprint density at radius 2 is 0.598 bits per heavy atom. The molecule has 2 unspecified atom stereocenters. The molecule has 92 heavy (non-hydrogen) atoms. The maximum atomic E-state index is 12.8. The highest BCUT2D eigenvalue weighted by Crippen LogP contribution is 2.38. The Morgan fingerprint density at radius 3 is 0.902 bits per heavy atom. The number of ether oxygens (including phenoxy) is 2. The summed E-state index contributed by atoms with van der Waals surface area (Å²) in [5, 5.41) is 0. The SMILES string of the molecule is CC/C=C\C/C=C\C/C=C\C/C=C\C/C=C\C/C=C\C/C=C\C/C=C\C/C=C\CCCC(=O)OC(COC(=O)CCCCCCCCCCCCCCCC/C=C\C/C=C\C/C=C\C/C=C\C/C=C\C/C=C\C/C=C\C/C=C\CC)COP(=O)([O-])OCC[N+](C)(C)C. The monoisotopic (exact) mass is 1290 g/mol. The molecule has 0 radical (unpaired) electrons. The zero-order chi connectivity index (χ0) is 66.9. The van der Waals surface area contributed by atoms with Gasteiger partial charge in [0.15, 0.2) is 6.10 Å². The number of allylic oxidation sites excluding steroid dienone is 34. The third-order valence-corrected chi connectivity index (χ3v) is 15.3. The van der Waals surface area contributed by atoms with Crippen molar-refractivity contribution in [2.45, 2.75) is 251 Å². The van der Waals surface area contributed by atoms with Crippen molar-refractivity contribution < 1.29 is 42.1 Å². The molecule has 0 aliphatic rings. The van der Waals surface area contributed by atoms with Gasteiger partial charge >= 0.3 is 11.9 Å². The van der Waals surface area contributed by atoms with Gasteiger partial charge in [-0.3, -0.25) is 14.2 Å². The van der Waals surface area contributed by atoms with Crippen LogP contribution in [0.25, 0.3) is 0 Å². The number of esters is 2. The smallest absolute Gasteiger partial charge is 0.306 e. The van der Waals surface area contributed by atoms with Gasteiger partial charge in [0.25, 0.3) is 7.82 Å². The topological polar surface area (TPSA) is 111 Å². The van der Waals surface area contributed by atoms with Gasteiger partial charge in [0.05, 0.1) is 27.7 Å². The van der Waals surface area contributed by atoms with Gasteiger partial charge in [-0.05, 0) is 141 Å². The summed E-state index contributed by atoms with van der Waals surface area (Å²) in [4.78, 5) is 38.1. The molecule has 0 aliphatic carbocycles. The first-order valence-electron chi connectivity index (χ1n) is 35.8. The van der Waals surface area contributed by atoms with Crippen LogP contribution in [0.15, 0.2) is 207 Å². The number of hydrogen-bond donors (Lipinski definition) is 0. The van der Waals surface area contributed by atoms with E-state index >= 15 is 0 Å². The summed E-state index contributed by atoms with van der Waals surface area (Å²) in [5.74, 6) is -0.917. The highest BCUT2D eigenvalue weighted by atomic mass is 31.2. The van der Waals surface area contributed by atoms with Crippen LogP contribution >= 0.6 is 7.82 Å². The maximum absolute atomic E-state index is 12.8. The summed E-state index contributed by atoms with van der Waals surface area (Å²) in [5.41, 5.74) is 0. The minimum atomic E-state index is -4.67. The summed E-state index contributed by atoms with van der Waals surface area (Å²) in [6, 6.07) is 0. The van der Waals surface area contributed by atoms with Crippen molar-refractivity contribution in [3.63, 3.8) is 0 Å². The fourth-order valence-electron chi connectivity index (χ4n) is 8.91. The van der Waals surface area contributed by atoms with Gasteiger partial charge < -0.3 is 27.9 Å². The fourth-order valence-corrected chi connectivity index (χ4v) is 9.64. The van der Waals surface area contributed by atoms with E-state index in [2.05, 4.69) is 214 Å². The van der Waals surface area contributed by atoms with Crippen molar-refractivity contribution >= 4 is 19.8 Å². The Kier molecular flexibility index (Phi) is 65.8. The number of phosphoric ester groups is 1. The van der Waals surface area contributed by atoms with E-state index in [4.69, 9.17) is 18.5 Å². The molecule has 0 bridgehead atoms. The number of phosphoric acid groups is 1. The largest absolute Gasteiger partial charge is 0.756 e. The Morgan fingerprint density at radius 1 is 0.337 bits per heavy atom. The number of hydrogen-bond acceptors (Lipinski definition) is 8. The lowest BCUT2D eigenvalue weighted by atomic mass is 10.0. The van der Waals surface area contributed by atoms with Crippen LogP contribution in [0, 0.1) is 0 Å². The van der Waals surface area contributed by atoms with E-state index in [0.717, 1.165) is 128 Å². The third-order valence-electron chi connectivity index (χ3n) is 14.3. The van der Waals surface area contributed by atoms with Crippen LogP contribution in [-0.2, 0) is 32.7 Å². The van der Waals surface area contributed by atoms with Crippen LogP contribution in [-0.4, -0.2) is 70.0 Å². The second kappa shape index (κ2) is 69.9. The summed E-state index contributed by atoms with van der Waals surface area (Å²) in [6.07, 6.45) is 111. The summed E-state index contributed by atoms with van der Waals surface area (Å²) in [7, 11) is 1.10. The zero-order valence-corrected chi connectivity index (χ0v) is 59.5. The number of quaternary nitrogens is 1. The number of nitrogens with zero attached hydrogens (tertiary/aromatic N) is 1. The van der Waals surface area contributed by atoms with Crippen molar-refractivity contribution in [3.05, 3.63) is 207 Å². The summed E-state index contributed by atoms with van der Waals surface area (Å²) in [6.45, 7) is 3.92. The highest BCUT2D eigenvalue weighted by molar-refractivity contribution is 7.45. The second-order valence-corrected chi connectivity index (χ2v) is 25.5. The van der Waals surface area contributed by atoms with Crippen LogP contribution < -0.4 is 4.89 Å². The van der Waals surface area contributed by atoms with Gasteiger partial charge in [-0.2, -0.15) is 0 Å². The molecule has 9 nitrogen and oxygen atoms in total. The molecule has 0 N–H and O–H groups in total. The number of carbonyl (C=O) groups is 2. The lowest BCUT2D eigenvalue weighted by molar-refractivity contribution is -0.870. The minimum Gasteiger partial charge on any atom is -0.756 e. The zero-order valence-electron chi connectivity index (χ0n) is 58.7. The molecule has 0 aromatic rings. The van der Waals surface area contributed by atoms with Crippen molar-refractivity contribution in [1.82, 2.24) is 0 Å². The molecule has 0 saturated heterocycles. The van der Waals surface area contributed by atoms with E-state index in [-0.39, 0.29) is 26.1 Å². The molecular formula is C82H130NO8P. The number of unbranched alkanes of at least 4 members (excludes halogenated alkanes) is 15. The van der Waals surface area contributed by atoms with Crippen molar-refractivity contribution in [3.8, 4) is 0 Å². The standard InChI is InChI=1S/C82H130NO8P/c1-6-8-10-12-14-16-18-20-22-24-26-28-30-32-34-36-37-38-39-40-41-42-43-44-45-47-48-50-52-54-56-58-60-62-64-66-68-70-72-74-81(84)88-78-80(79-90-92(86,87)89-77-76-83(3,4)5)91-82(85)75-73-71-69-67-65-63-61-59-57-55-53-51-49-46-35-33-31-29-27-25-23-21-19-17-15-13-11-9-7-2/h8-11,14-17,20-23,26-29,32-35,37-38,40-41,43-44,49,51,55,57,61,63,67,69,80H,6-7,12-13,18-19,24-25,30-31,36,39,42,45-48,50,52-54,56,58-60,62,64-66,68,70-79H2,1-5H3/b10-8-,11-9-,16-14-,17-15-,22-20-,23-21-,28-26-,29-27-,34-32-,35-33-,38-37-,41-40-,44-43-,51-49-,57-55-,63-61-,69-67-. The quantitative estimate of drug-likeness (QED) is 0.0195. The van der Waals surface area contributed by atoms with Gasteiger partial charge in [-0.15, -0.1) is 0 Å². The Labute approximate surface area is 564 Å². The maximum Gasteiger partial charge on any atom is 0.306 e. The molecule has 0 aromatic carbocycles. The van der Waals surface area contributed by atoms with E-state index in [1.165, 1.54) is 70.6 Å². The molecule has 0 aliphatic heterocycles. The Balaban J connectivity index is 4.17. The van der Waals surface area contributed by atoms with Crippen LogP contribution in [0.2, 0.25) is 0 Å². The lowest BCUT2D eigenvalue weighted by Gasteiger charge is -2.28. The van der Waals surface area contributed by atoms with Crippen LogP contribution in [0.4, 0.5) is 0 Å². The predicted molar refractivity (Wildman–Crippen MR) is 396 cm³/mol. The molecule has 0 saturated carbocycles. The van der Waals surface area contributed by atoms with Crippen molar-refractivity contribution in [2.24, 2.45) is 0 Å². The van der Waals surface area contributed by atoms with Crippen molar-refractivity contribution in [1.29, 1.82) is 0 Å².